The maximum atomic E-state index is 11.9. The molecule has 2 unspecified atom stereocenters. The molecule has 0 saturated heterocycles. The van der Waals surface area contributed by atoms with E-state index in [0.29, 0.717) is 13.0 Å². The minimum atomic E-state index is -0.799. The number of amides is 2. The molecule has 1 saturated carbocycles. The van der Waals surface area contributed by atoms with E-state index in [9.17, 15) is 14.7 Å². The summed E-state index contributed by atoms with van der Waals surface area (Å²) in [4.78, 5) is 23.1. The van der Waals surface area contributed by atoms with Gasteiger partial charge >= 0.3 is 12.0 Å². The van der Waals surface area contributed by atoms with Gasteiger partial charge in [-0.15, -0.1) is 0 Å². The van der Waals surface area contributed by atoms with Crippen LogP contribution in [0.3, 0.4) is 0 Å². The second kappa shape index (κ2) is 8.05. The number of carboxylic acids is 1. The maximum absolute atomic E-state index is 11.9. The molecule has 1 fully saturated rings. The molecule has 0 bridgehead atoms. The van der Waals surface area contributed by atoms with Crippen molar-refractivity contribution in [2.75, 3.05) is 6.54 Å². The summed E-state index contributed by atoms with van der Waals surface area (Å²) in [6, 6.07) is -0.463. The Hall–Kier alpha value is -1.52. The fourth-order valence-electron chi connectivity index (χ4n) is 3.29. The zero-order valence-electron chi connectivity index (χ0n) is 12.6. The van der Waals surface area contributed by atoms with Gasteiger partial charge in [0.1, 0.15) is 0 Å². The van der Waals surface area contributed by atoms with Crippen LogP contribution in [0.1, 0.15) is 57.8 Å². The van der Waals surface area contributed by atoms with Crippen molar-refractivity contribution in [3.05, 3.63) is 11.6 Å². The largest absolute Gasteiger partial charge is 0.481 e. The average molecular weight is 294 g/mol. The number of carbonyl (C=O) groups is 2. The normalized spacial score (nSPS) is 25.8. The van der Waals surface area contributed by atoms with E-state index in [0.717, 1.165) is 38.5 Å². The standard InChI is InChI=1S/C16H26N2O3/c19-15(20)13-8-4-5-9-14(13)18-16(21)17-11-10-12-6-2-1-3-7-12/h6,13-14H,1-5,7-11H2,(H,19,20)(H2,17,18,21). The van der Waals surface area contributed by atoms with E-state index in [1.807, 2.05) is 0 Å². The summed E-state index contributed by atoms with van der Waals surface area (Å²) in [6.45, 7) is 0.627. The van der Waals surface area contributed by atoms with Gasteiger partial charge in [-0.05, 0) is 44.9 Å². The maximum Gasteiger partial charge on any atom is 0.315 e. The van der Waals surface area contributed by atoms with E-state index >= 15 is 0 Å². The Morgan fingerprint density at radius 3 is 2.71 bits per heavy atom. The van der Waals surface area contributed by atoms with Crippen LogP contribution < -0.4 is 10.6 Å². The first kappa shape index (κ1) is 15.9. The predicted octanol–water partition coefficient (Wildman–Crippen LogP) is 2.82. The van der Waals surface area contributed by atoms with Gasteiger partial charge in [0.2, 0.25) is 0 Å². The molecule has 2 aliphatic rings. The third-order valence-corrected chi connectivity index (χ3v) is 4.52. The summed E-state index contributed by atoms with van der Waals surface area (Å²) in [5.74, 6) is -1.24. The first-order valence-corrected chi connectivity index (χ1v) is 8.12. The second-order valence-corrected chi connectivity index (χ2v) is 6.09. The smallest absolute Gasteiger partial charge is 0.315 e. The number of hydrogen-bond donors (Lipinski definition) is 3. The van der Waals surface area contributed by atoms with Crippen LogP contribution in [0.4, 0.5) is 4.79 Å². The number of nitrogens with one attached hydrogen (secondary N) is 2. The molecule has 0 spiro atoms. The molecule has 5 nitrogen and oxygen atoms in total. The third kappa shape index (κ3) is 5.06. The highest BCUT2D eigenvalue weighted by atomic mass is 16.4. The molecule has 3 N–H and O–H groups in total. The van der Waals surface area contributed by atoms with Crippen molar-refractivity contribution in [1.82, 2.24) is 10.6 Å². The molecule has 0 aromatic carbocycles. The number of allylic oxidation sites excluding steroid dienone is 1. The van der Waals surface area contributed by atoms with Gasteiger partial charge in [0.15, 0.2) is 0 Å². The molecule has 0 radical (unpaired) electrons. The van der Waals surface area contributed by atoms with Gasteiger partial charge in [-0.25, -0.2) is 4.79 Å². The SMILES string of the molecule is O=C(NCCC1=CCCCC1)NC1CCCCC1C(=O)O. The van der Waals surface area contributed by atoms with Gasteiger partial charge < -0.3 is 15.7 Å². The van der Waals surface area contributed by atoms with Gasteiger partial charge in [-0.2, -0.15) is 0 Å². The number of carbonyl (C=O) groups excluding carboxylic acids is 1. The van der Waals surface area contributed by atoms with Crippen molar-refractivity contribution in [1.29, 1.82) is 0 Å². The van der Waals surface area contributed by atoms with Crippen molar-refractivity contribution < 1.29 is 14.7 Å². The summed E-state index contributed by atoms with van der Waals surface area (Å²) in [5.41, 5.74) is 1.43. The number of aliphatic carboxylic acids is 1. The van der Waals surface area contributed by atoms with Gasteiger partial charge in [-0.1, -0.05) is 24.5 Å². The molecule has 21 heavy (non-hydrogen) atoms. The quantitative estimate of drug-likeness (QED) is 0.682. The Morgan fingerprint density at radius 2 is 2.00 bits per heavy atom. The Morgan fingerprint density at radius 1 is 1.19 bits per heavy atom. The molecule has 0 heterocycles. The lowest BCUT2D eigenvalue weighted by atomic mass is 9.84. The molecule has 2 amide bonds. The van der Waals surface area contributed by atoms with Crippen LogP contribution in [0.2, 0.25) is 0 Å². The van der Waals surface area contributed by atoms with Crippen molar-refractivity contribution in [2.45, 2.75) is 63.8 Å². The summed E-state index contributed by atoms with van der Waals surface area (Å²) >= 11 is 0. The Balaban J connectivity index is 1.70. The molecule has 0 aromatic rings. The first-order valence-electron chi connectivity index (χ1n) is 8.12. The van der Waals surface area contributed by atoms with Crippen molar-refractivity contribution in [3.63, 3.8) is 0 Å². The van der Waals surface area contributed by atoms with Crippen molar-refractivity contribution in [3.8, 4) is 0 Å². The average Bonchev–Trinajstić information content (AvgIpc) is 2.48. The van der Waals surface area contributed by atoms with Gasteiger partial charge in [0, 0.05) is 12.6 Å². The number of carboxylic acid groups (broad SMARTS) is 1. The highest BCUT2D eigenvalue weighted by Crippen LogP contribution is 2.24. The van der Waals surface area contributed by atoms with E-state index in [4.69, 9.17) is 0 Å². The van der Waals surface area contributed by atoms with Gasteiger partial charge in [0.05, 0.1) is 5.92 Å². The van der Waals surface area contributed by atoms with Crippen LogP contribution >= 0.6 is 0 Å². The lowest BCUT2D eigenvalue weighted by Crippen LogP contribution is -2.49. The van der Waals surface area contributed by atoms with Crippen molar-refractivity contribution >= 4 is 12.0 Å². The minimum absolute atomic E-state index is 0.231. The van der Waals surface area contributed by atoms with E-state index in [-0.39, 0.29) is 12.1 Å². The summed E-state index contributed by atoms with van der Waals surface area (Å²) in [7, 11) is 0. The highest BCUT2D eigenvalue weighted by Gasteiger charge is 2.31. The molecule has 5 heteroatoms. The Bertz CT molecular complexity index is 406. The minimum Gasteiger partial charge on any atom is -0.481 e. The molecular formula is C16H26N2O3. The van der Waals surface area contributed by atoms with Crippen molar-refractivity contribution in [2.24, 2.45) is 5.92 Å². The topological polar surface area (TPSA) is 78.4 Å². The van der Waals surface area contributed by atoms with Crippen LogP contribution in [0.25, 0.3) is 0 Å². The molecule has 0 aliphatic heterocycles. The van der Waals surface area contributed by atoms with E-state index in [2.05, 4.69) is 16.7 Å². The molecular weight excluding hydrogens is 268 g/mol. The van der Waals surface area contributed by atoms with Gasteiger partial charge in [0.25, 0.3) is 0 Å². The summed E-state index contributed by atoms with van der Waals surface area (Å²) in [5, 5.41) is 14.9. The summed E-state index contributed by atoms with van der Waals surface area (Å²) in [6.07, 6.45) is 11.4. The zero-order chi connectivity index (χ0) is 15.1. The second-order valence-electron chi connectivity index (χ2n) is 6.09. The first-order chi connectivity index (χ1) is 10.2. The monoisotopic (exact) mass is 294 g/mol. The lowest BCUT2D eigenvalue weighted by Gasteiger charge is -2.29. The molecule has 0 aromatic heterocycles. The van der Waals surface area contributed by atoms with Crippen LogP contribution in [-0.2, 0) is 4.79 Å². The zero-order valence-corrected chi connectivity index (χ0v) is 12.6. The fourth-order valence-corrected chi connectivity index (χ4v) is 3.29. The van der Waals surface area contributed by atoms with E-state index < -0.39 is 11.9 Å². The highest BCUT2D eigenvalue weighted by molar-refractivity contribution is 5.76. The Labute approximate surface area is 126 Å². The number of hydrogen-bond acceptors (Lipinski definition) is 2. The predicted molar refractivity (Wildman–Crippen MR) is 81.1 cm³/mol. The van der Waals surface area contributed by atoms with Crippen LogP contribution in [0, 0.1) is 5.92 Å². The molecule has 118 valence electrons. The number of urea groups is 1. The Kier molecular flexibility index (Phi) is 6.08. The van der Waals surface area contributed by atoms with Gasteiger partial charge in [-0.3, -0.25) is 4.79 Å². The fraction of sp³-hybridized carbons (Fsp3) is 0.750. The van der Waals surface area contributed by atoms with Crippen LogP contribution in [-0.4, -0.2) is 29.7 Å². The summed E-state index contributed by atoms with van der Waals surface area (Å²) < 4.78 is 0. The molecule has 2 atom stereocenters. The molecule has 2 aliphatic carbocycles. The lowest BCUT2D eigenvalue weighted by molar-refractivity contribution is -0.143. The van der Waals surface area contributed by atoms with E-state index in [1.165, 1.54) is 18.4 Å². The number of rotatable bonds is 5. The van der Waals surface area contributed by atoms with E-state index in [1.54, 1.807) is 0 Å². The van der Waals surface area contributed by atoms with Crippen LogP contribution in [0.15, 0.2) is 11.6 Å². The molecule has 2 rings (SSSR count). The van der Waals surface area contributed by atoms with Crippen LogP contribution in [0.5, 0.6) is 0 Å². The third-order valence-electron chi connectivity index (χ3n) is 4.52.